The number of anilines is 1. The average Bonchev–Trinajstić information content (AvgIpc) is 3.17. The van der Waals surface area contributed by atoms with E-state index in [1.807, 2.05) is 12.1 Å². The Balaban J connectivity index is 1.71. The summed E-state index contributed by atoms with van der Waals surface area (Å²) in [5.74, 6) is 0.321. The van der Waals surface area contributed by atoms with Crippen LogP contribution in [0, 0.1) is 10.1 Å². The van der Waals surface area contributed by atoms with E-state index < -0.39 is 10.8 Å². The minimum absolute atomic E-state index is 0.110. The highest BCUT2D eigenvalue weighted by Crippen LogP contribution is 2.26. The second kappa shape index (κ2) is 6.74. The van der Waals surface area contributed by atoms with Crippen LogP contribution < -0.4 is 10.1 Å². The number of hydrogen-bond acceptors (Lipinski definition) is 4. The first kappa shape index (κ1) is 16.0. The number of nitrogens with one attached hydrogen (secondary N) is 1. The van der Waals surface area contributed by atoms with Crippen molar-refractivity contribution in [2.45, 2.75) is 31.8 Å². The number of rotatable bonds is 5. The van der Waals surface area contributed by atoms with Gasteiger partial charge in [-0.2, -0.15) is 0 Å². The van der Waals surface area contributed by atoms with Gasteiger partial charge in [-0.3, -0.25) is 14.9 Å². The second-order valence-electron chi connectivity index (χ2n) is 5.96. The fourth-order valence-electron chi connectivity index (χ4n) is 2.91. The number of aromatic nitrogens is 1. The average molecular weight is 329 g/mol. The van der Waals surface area contributed by atoms with Crippen LogP contribution >= 0.6 is 0 Å². The van der Waals surface area contributed by atoms with Crippen LogP contribution in [0.4, 0.5) is 11.4 Å². The molecule has 1 fully saturated rings. The fraction of sp³-hybridized carbons (Fsp3) is 0.353. The molecule has 0 radical (unpaired) electrons. The molecule has 1 aromatic heterocycles. The molecule has 2 aromatic rings. The van der Waals surface area contributed by atoms with Crippen molar-refractivity contribution in [1.29, 1.82) is 0 Å². The molecule has 0 unspecified atom stereocenters. The molecule has 0 saturated heterocycles. The summed E-state index contributed by atoms with van der Waals surface area (Å²) >= 11 is 0. The summed E-state index contributed by atoms with van der Waals surface area (Å²) in [5, 5.41) is 13.6. The van der Waals surface area contributed by atoms with Crippen LogP contribution in [0.1, 0.15) is 36.2 Å². The van der Waals surface area contributed by atoms with Gasteiger partial charge in [0.2, 0.25) is 0 Å². The minimum atomic E-state index is -0.521. The second-order valence-corrected chi connectivity index (χ2v) is 5.96. The van der Waals surface area contributed by atoms with Gasteiger partial charge in [-0.1, -0.05) is 6.07 Å². The summed E-state index contributed by atoms with van der Waals surface area (Å²) < 4.78 is 7.35. The third-order valence-electron chi connectivity index (χ3n) is 4.13. The third-order valence-corrected chi connectivity index (χ3v) is 4.13. The Morgan fingerprint density at radius 2 is 2.08 bits per heavy atom. The Bertz CT molecular complexity index is 763. The van der Waals surface area contributed by atoms with Crippen molar-refractivity contribution < 1.29 is 14.5 Å². The van der Waals surface area contributed by atoms with Gasteiger partial charge in [-0.15, -0.1) is 0 Å². The highest BCUT2D eigenvalue weighted by molar-refractivity contribution is 6.03. The van der Waals surface area contributed by atoms with Crippen molar-refractivity contribution in [2.75, 3.05) is 5.32 Å². The van der Waals surface area contributed by atoms with Crippen molar-refractivity contribution in [3.63, 3.8) is 0 Å². The molecule has 7 heteroatoms. The molecule has 24 heavy (non-hydrogen) atoms. The smallest absolute Gasteiger partial charge is 0.287 e. The molecule has 0 bridgehead atoms. The first-order chi connectivity index (χ1) is 11.5. The topological polar surface area (TPSA) is 86.4 Å². The van der Waals surface area contributed by atoms with Crippen LogP contribution in [0.3, 0.4) is 0 Å². The van der Waals surface area contributed by atoms with E-state index in [2.05, 4.69) is 5.32 Å². The van der Waals surface area contributed by atoms with Crippen LogP contribution in [0.5, 0.6) is 5.75 Å². The van der Waals surface area contributed by atoms with Crippen molar-refractivity contribution >= 4 is 17.3 Å². The van der Waals surface area contributed by atoms with Crippen LogP contribution in [-0.2, 0) is 7.05 Å². The van der Waals surface area contributed by atoms with E-state index in [0.717, 1.165) is 18.6 Å². The number of carbonyl (C=O) groups excluding carboxylic acids is 1. The van der Waals surface area contributed by atoms with Gasteiger partial charge < -0.3 is 14.6 Å². The van der Waals surface area contributed by atoms with Crippen LogP contribution in [0.25, 0.3) is 0 Å². The molecular formula is C17H19N3O4. The predicted molar refractivity (Wildman–Crippen MR) is 89.3 cm³/mol. The lowest BCUT2D eigenvalue weighted by atomic mass is 10.2. The van der Waals surface area contributed by atoms with E-state index >= 15 is 0 Å². The molecule has 1 aromatic carbocycles. The SMILES string of the molecule is Cn1cc([N+](=O)[O-])cc1C(=O)Nc1cccc(OC2CCCC2)c1. The van der Waals surface area contributed by atoms with Crippen LogP contribution in [0.2, 0.25) is 0 Å². The first-order valence-electron chi connectivity index (χ1n) is 7.92. The largest absolute Gasteiger partial charge is 0.490 e. The Morgan fingerprint density at radius 1 is 1.33 bits per heavy atom. The van der Waals surface area contributed by atoms with Gasteiger partial charge >= 0.3 is 0 Å². The van der Waals surface area contributed by atoms with Crippen molar-refractivity contribution in [1.82, 2.24) is 4.57 Å². The first-order valence-corrected chi connectivity index (χ1v) is 7.92. The lowest BCUT2D eigenvalue weighted by Gasteiger charge is -2.14. The maximum atomic E-state index is 12.3. The Kier molecular flexibility index (Phi) is 4.50. The molecule has 1 aliphatic rings. The molecular weight excluding hydrogens is 310 g/mol. The summed E-state index contributed by atoms with van der Waals surface area (Å²) in [7, 11) is 1.60. The lowest BCUT2D eigenvalue weighted by Crippen LogP contribution is -2.15. The fourth-order valence-corrected chi connectivity index (χ4v) is 2.91. The van der Waals surface area contributed by atoms with E-state index in [-0.39, 0.29) is 17.5 Å². The van der Waals surface area contributed by atoms with Gasteiger partial charge in [0.1, 0.15) is 11.4 Å². The summed E-state index contributed by atoms with van der Waals surface area (Å²) in [4.78, 5) is 22.6. The van der Waals surface area contributed by atoms with Gasteiger partial charge in [0, 0.05) is 24.9 Å². The Morgan fingerprint density at radius 3 is 2.75 bits per heavy atom. The molecule has 126 valence electrons. The Labute approximate surface area is 139 Å². The summed E-state index contributed by atoms with van der Waals surface area (Å²) in [5.41, 5.74) is 0.712. The zero-order valence-corrected chi connectivity index (χ0v) is 13.4. The quantitative estimate of drug-likeness (QED) is 0.672. The van der Waals surface area contributed by atoms with E-state index in [0.29, 0.717) is 5.69 Å². The summed E-state index contributed by atoms with van der Waals surface area (Å²) in [6, 6.07) is 8.47. The summed E-state index contributed by atoms with van der Waals surface area (Å²) in [6.45, 7) is 0. The summed E-state index contributed by atoms with van der Waals surface area (Å²) in [6.07, 6.45) is 6.05. The van der Waals surface area contributed by atoms with Gasteiger partial charge in [-0.25, -0.2) is 0 Å². The number of carbonyl (C=O) groups is 1. The maximum Gasteiger partial charge on any atom is 0.287 e. The Hall–Kier alpha value is -2.83. The predicted octanol–water partition coefficient (Wildman–Crippen LogP) is 3.51. The highest BCUT2D eigenvalue weighted by Gasteiger charge is 2.19. The molecule has 0 spiro atoms. The van der Waals surface area contributed by atoms with E-state index in [1.165, 1.54) is 29.7 Å². The lowest BCUT2D eigenvalue weighted by molar-refractivity contribution is -0.384. The molecule has 0 atom stereocenters. The standard InChI is InChI=1S/C17H19N3O4/c1-19-11-13(20(22)23)10-16(19)17(21)18-12-5-4-8-15(9-12)24-14-6-2-3-7-14/h4-5,8-11,14H,2-3,6-7H2,1H3,(H,18,21). The maximum absolute atomic E-state index is 12.3. The van der Waals surface area contributed by atoms with Crippen molar-refractivity contribution in [2.24, 2.45) is 7.05 Å². The van der Waals surface area contributed by atoms with E-state index in [4.69, 9.17) is 4.74 Å². The van der Waals surface area contributed by atoms with Gasteiger partial charge in [0.05, 0.1) is 17.2 Å². The zero-order valence-electron chi connectivity index (χ0n) is 13.4. The molecule has 0 aliphatic heterocycles. The minimum Gasteiger partial charge on any atom is -0.490 e. The molecule has 1 aliphatic carbocycles. The van der Waals surface area contributed by atoms with E-state index in [9.17, 15) is 14.9 Å². The highest BCUT2D eigenvalue weighted by atomic mass is 16.6. The van der Waals surface area contributed by atoms with Crippen LogP contribution in [-0.4, -0.2) is 21.5 Å². The van der Waals surface area contributed by atoms with Crippen molar-refractivity contribution in [3.8, 4) is 5.75 Å². The molecule has 1 saturated carbocycles. The molecule has 3 rings (SSSR count). The number of nitrogens with zero attached hydrogens (tertiary/aromatic N) is 2. The number of hydrogen-bond donors (Lipinski definition) is 1. The van der Waals surface area contributed by atoms with Gasteiger partial charge in [0.25, 0.3) is 11.6 Å². The third kappa shape index (κ3) is 3.56. The van der Waals surface area contributed by atoms with Gasteiger partial charge in [0.15, 0.2) is 0 Å². The molecule has 1 heterocycles. The molecule has 1 amide bonds. The zero-order chi connectivity index (χ0) is 17.1. The van der Waals surface area contributed by atoms with Crippen molar-refractivity contribution in [3.05, 3.63) is 52.3 Å². The number of amides is 1. The van der Waals surface area contributed by atoms with Crippen LogP contribution in [0.15, 0.2) is 36.5 Å². The number of benzene rings is 1. The monoisotopic (exact) mass is 329 g/mol. The molecule has 1 N–H and O–H groups in total. The normalized spacial score (nSPS) is 14.5. The number of ether oxygens (including phenoxy) is 1. The number of nitro groups is 1. The number of aryl methyl sites for hydroxylation is 1. The molecule has 7 nitrogen and oxygen atoms in total. The van der Waals surface area contributed by atoms with E-state index in [1.54, 1.807) is 19.2 Å². The van der Waals surface area contributed by atoms with Gasteiger partial charge in [-0.05, 0) is 37.8 Å².